The van der Waals surface area contributed by atoms with Gasteiger partial charge in [0.15, 0.2) is 6.29 Å². The normalized spacial score (nSPS) is 10.4. The van der Waals surface area contributed by atoms with E-state index in [9.17, 15) is 14.9 Å². The number of nitro benzene ring substituents is 1. The van der Waals surface area contributed by atoms with E-state index in [1.807, 2.05) is 25.7 Å². The lowest BCUT2D eigenvalue weighted by Crippen LogP contribution is -2.30. The Kier molecular flexibility index (Phi) is 4.20. The summed E-state index contributed by atoms with van der Waals surface area (Å²) in [5.74, 6) is 0. The van der Waals surface area contributed by atoms with Crippen molar-refractivity contribution in [2.75, 3.05) is 11.4 Å². The number of nitrogens with zero attached hydrogens (tertiary/aromatic N) is 2. The number of carbonyl (C=O) groups excluding carboxylic acids is 1. The van der Waals surface area contributed by atoms with Gasteiger partial charge in [-0.25, -0.2) is 0 Å². The molecule has 5 nitrogen and oxygen atoms in total. The Morgan fingerprint density at radius 3 is 2.53 bits per heavy atom. The van der Waals surface area contributed by atoms with Crippen LogP contribution >= 0.6 is 0 Å². The molecule has 0 saturated carbocycles. The van der Waals surface area contributed by atoms with E-state index < -0.39 is 4.92 Å². The largest absolute Gasteiger partial charge is 0.369 e. The molecule has 1 aromatic rings. The summed E-state index contributed by atoms with van der Waals surface area (Å²) in [6.45, 7) is 6.78. The monoisotopic (exact) mass is 236 g/mol. The minimum atomic E-state index is -0.526. The molecule has 0 aliphatic rings. The lowest BCUT2D eigenvalue weighted by molar-refractivity contribution is -0.385. The summed E-state index contributed by atoms with van der Waals surface area (Å²) in [6.07, 6.45) is 0.508. The number of aldehydes is 1. The van der Waals surface area contributed by atoms with Crippen LogP contribution in [0.2, 0.25) is 0 Å². The van der Waals surface area contributed by atoms with Crippen molar-refractivity contribution in [2.45, 2.75) is 26.8 Å². The minimum Gasteiger partial charge on any atom is -0.369 e. The maximum Gasteiger partial charge on any atom is 0.281 e. The summed E-state index contributed by atoms with van der Waals surface area (Å²) in [6, 6.07) is 4.93. The predicted molar refractivity (Wildman–Crippen MR) is 66.6 cm³/mol. The summed E-state index contributed by atoms with van der Waals surface area (Å²) < 4.78 is 0. The Balaban J connectivity index is 3.24. The second-order valence-electron chi connectivity index (χ2n) is 4.00. The first kappa shape index (κ1) is 13.2. The fraction of sp³-hybridized carbons (Fsp3) is 0.417. The molecule has 92 valence electrons. The molecule has 0 spiro atoms. The van der Waals surface area contributed by atoms with Crippen LogP contribution in [0, 0.1) is 10.1 Å². The van der Waals surface area contributed by atoms with Crippen molar-refractivity contribution >= 4 is 17.7 Å². The standard InChI is InChI=1S/C12H16N2O3/c1-4-13(9(2)3)11-6-5-10(8-15)12(7-11)14(16)17/h5-9H,4H2,1-3H3. The molecular formula is C12H16N2O3. The van der Waals surface area contributed by atoms with Crippen LogP contribution < -0.4 is 4.90 Å². The third-order valence-corrected chi connectivity index (χ3v) is 2.63. The van der Waals surface area contributed by atoms with E-state index in [2.05, 4.69) is 0 Å². The highest BCUT2D eigenvalue weighted by Gasteiger charge is 2.17. The smallest absolute Gasteiger partial charge is 0.281 e. The van der Waals surface area contributed by atoms with Crippen LogP contribution in [0.15, 0.2) is 18.2 Å². The van der Waals surface area contributed by atoms with Crippen molar-refractivity contribution in [3.8, 4) is 0 Å². The van der Waals surface area contributed by atoms with Gasteiger partial charge >= 0.3 is 0 Å². The number of rotatable bonds is 5. The molecule has 0 radical (unpaired) electrons. The second-order valence-corrected chi connectivity index (χ2v) is 4.00. The van der Waals surface area contributed by atoms with Gasteiger partial charge < -0.3 is 4.90 Å². The predicted octanol–water partition coefficient (Wildman–Crippen LogP) is 2.64. The zero-order valence-electron chi connectivity index (χ0n) is 10.2. The molecule has 0 aliphatic heterocycles. The lowest BCUT2D eigenvalue weighted by atomic mass is 10.1. The summed E-state index contributed by atoms with van der Waals surface area (Å²) in [4.78, 5) is 23.0. The highest BCUT2D eigenvalue weighted by atomic mass is 16.6. The zero-order chi connectivity index (χ0) is 13.0. The Hall–Kier alpha value is -1.91. The molecule has 1 rings (SSSR count). The number of nitro groups is 1. The summed E-state index contributed by atoms with van der Waals surface area (Å²) in [5.41, 5.74) is 0.731. The topological polar surface area (TPSA) is 63.5 Å². The first-order chi connectivity index (χ1) is 8.01. The molecule has 0 unspecified atom stereocenters. The summed E-state index contributed by atoms with van der Waals surface area (Å²) in [5, 5.41) is 10.8. The average molecular weight is 236 g/mol. The number of anilines is 1. The van der Waals surface area contributed by atoms with Crippen LogP contribution in [-0.2, 0) is 0 Å². The van der Waals surface area contributed by atoms with E-state index in [-0.39, 0.29) is 17.3 Å². The molecule has 0 aromatic heterocycles. The van der Waals surface area contributed by atoms with Crippen LogP contribution in [0.1, 0.15) is 31.1 Å². The number of benzene rings is 1. The van der Waals surface area contributed by atoms with Crippen molar-refractivity contribution in [1.29, 1.82) is 0 Å². The molecule has 0 heterocycles. The van der Waals surface area contributed by atoms with E-state index in [1.54, 1.807) is 6.07 Å². The molecular weight excluding hydrogens is 220 g/mol. The summed E-state index contributed by atoms with van der Waals surface area (Å²) >= 11 is 0. The van der Waals surface area contributed by atoms with Crippen molar-refractivity contribution in [3.05, 3.63) is 33.9 Å². The molecule has 0 fully saturated rings. The van der Waals surface area contributed by atoms with Crippen LogP contribution in [0.3, 0.4) is 0 Å². The van der Waals surface area contributed by atoms with Gasteiger partial charge in [0.25, 0.3) is 5.69 Å². The molecule has 0 amide bonds. The van der Waals surface area contributed by atoms with Gasteiger partial charge in [0.2, 0.25) is 0 Å². The van der Waals surface area contributed by atoms with Gasteiger partial charge in [-0.3, -0.25) is 14.9 Å². The fourth-order valence-electron chi connectivity index (χ4n) is 1.81. The minimum absolute atomic E-state index is 0.110. The lowest BCUT2D eigenvalue weighted by Gasteiger charge is -2.27. The van der Waals surface area contributed by atoms with E-state index in [0.29, 0.717) is 6.29 Å². The van der Waals surface area contributed by atoms with Crippen molar-refractivity contribution in [2.24, 2.45) is 0 Å². The number of hydrogen-bond donors (Lipinski definition) is 0. The molecule has 17 heavy (non-hydrogen) atoms. The van der Waals surface area contributed by atoms with Crippen LogP contribution in [-0.4, -0.2) is 23.8 Å². The Labute approximate surface area is 100 Å². The highest BCUT2D eigenvalue weighted by molar-refractivity contribution is 5.83. The van der Waals surface area contributed by atoms with Crippen LogP contribution in [0.5, 0.6) is 0 Å². The first-order valence-electron chi connectivity index (χ1n) is 5.51. The third-order valence-electron chi connectivity index (χ3n) is 2.63. The SMILES string of the molecule is CCN(c1ccc(C=O)c([N+](=O)[O-])c1)C(C)C. The van der Waals surface area contributed by atoms with Crippen molar-refractivity contribution in [3.63, 3.8) is 0 Å². The number of hydrogen-bond acceptors (Lipinski definition) is 4. The maximum atomic E-state index is 10.8. The fourth-order valence-corrected chi connectivity index (χ4v) is 1.81. The van der Waals surface area contributed by atoms with Crippen molar-refractivity contribution < 1.29 is 9.72 Å². The Bertz CT molecular complexity index is 430. The zero-order valence-corrected chi connectivity index (χ0v) is 10.2. The summed E-state index contributed by atoms with van der Waals surface area (Å²) in [7, 11) is 0. The molecule has 0 N–H and O–H groups in total. The van der Waals surface area contributed by atoms with Crippen LogP contribution in [0.25, 0.3) is 0 Å². The highest BCUT2D eigenvalue weighted by Crippen LogP contribution is 2.25. The third kappa shape index (κ3) is 2.81. The van der Waals surface area contributed by atoms with Gasteiger partial charge in [-0.2, -0.15) is 0 Å². The van der Waals surface area contributed by atoms with E-state index >= 15 is 0 Å². The van der Waals surface area contributed by atoms with E-state index in [4.69, 9.17) is 0 Å². The molecule has 1 aromatic carbocycles. The molecule has 0 atom stereocenters. The second kappa shape index (κ2) is 5.43. The van der Waals surface area contributed by atoms with Gasteiger partial charge in [-0.1, -0.05) is 0 Å². The Morgan fingerprint density at radius 1 is 1.47 bits per heavy atom. The molecule has 0 aliphatic carbocycles. The van der Waals surface area contributed by atoms with E-state index in [0.717, 1.165) is 12.2 Å². The van der Waals surface area contributed by atoms with Gasteiger partial charge in [-0.15, -0.1) is 0 Å². The van der Waals surface area contributed by atoms with Gasteiger partial charge in [0.05, 0.1) is 10.5 Å². The maximum absolute atomic E-state index is 10.8. The van der Waals surface area contributed by atoms with E-state index in [1.165, 1.54) is 12.1 Å². The first-order valence-corrected chi connectivity index (χ1v) is 5.51. The van der Waals surface area contributed by atoms with Gasteiger partial charge in [0.1, 0.15) is 0 Å². The van der Waals surface area contributed by atoms with Crippen molar-refractivity contribution in [1.82, 2.24) is 0 Å². The average Bonchev–Trinajstić information content (AvgIpc) is 2.29. The molecule has 0 saturated heterocycles. The van der Waals surface area contributed by atoms with Gasteiger partial charge in [-0.05, 0) is 32.9 Å². The number of carbonyl (C=O) groups is 1. The quantitative estimate of drug-likeness (QED) is 0.448. The Morgan fingerprint density at radius 2 is 2.12 bits per heavy atom. The van der Waals surface area contributed by atoms with Crippen LogP contribution in [0.4, 0.5) is 11.4 Å². The molecule has 0 bridgehead atoms. The van der Waals surface area contributed by atoms with Gasteiger partial charge in [0, 0.05) is 24.3 Å². The molecule has 5 heteroatoms.